The number of ketones is 1. The summed E-state index contributed by atoms with van der Waals surface area (Å²) in [5, 5.41) is 7.50. The molecule has 3 rings (SSSR count). The van der Waals surface area contributed by atoms with Crippen molar-refractivity contribution in [3.8, 4) is 0 Å². The number of hydrogen-bond acceptors (Lipinski definition) is 4. The molecule has 0 saturated heterocycles. The molecule has 1 amide bonds. The molecule has 1 aromatic carbocycles. The number of carbonyl (C=O) groups is 2. The number of benzene rings is 1. The Labute approximate surface area is 155 Å². The van der Waals surface area contributed by atoms with Crippen molar-refractivity contribution in [2.75, 3.05) is 5.32 Å². The minimum atomic E-state index is -0.313. The maximum absolute atomic E-state index is 12.0. The molecule has 2 heterocycles. The van der Waals surface area contributed by atoms with Crippen LogP contribution in [0.5, 0.6) is 0 Å². The smallest absolute Gasteiger partial charge is 0.249 e. The van der Waals surface area contributed by atoms with E-state index in [9.17, 15) is 9.59 Å². The normalized spacial score (nSPS) is 11.0. The minimum absolute atomic E-state index is 0.130. The van der Waals surface area contributed by atoms with Crippen molar-refractivity contribution < 1.29 is 14.0 Å². The van der Waals surface area contributed by atoms with E-state index in [4.69, 9.17) is 16.0 Å². The van der Waals surface area contributed by atoms with Crippen LogP contribution in [0.15, 0.2) is 59.2 Å². The first kappa shape index (κ1) is 17.7. The first-order chi connectivity index (χ1) is 12.5. The lowest BCUT2D eigenvalue weighted by Crippen LogP contribution is -2.09. The Morgan fingerprint density at radius 3 is 2.77 bits per heavy atom. The first-order valence-electron chi connectivity index (χ1n) is 7.88. The lowest BCUT2D eigenvalue weighted by atomic mass is 10.2. The summed E-state index contributed by atoms with van der Waals surface area (Å²) in [6.07, 6.45) is 4.75. The molecule has 0 fully saturated rings. The van der Waals surface area contributed by atoms with Gasteiger partial charge < -0.3 is 9.73 Å². The molecule has 0 saturated carbocycles. The van der Waals surface area contributed by atoms with Gasteiger partial charge in [-0.1, -0.05) is 29.8 Å². The Bertz CT molecular complexity index is 972. The number of rotatable bonds is 6. The molecule has 0 aliphatic carbocycles. The Kier molecular flexibility index (Phi) is 5.34. The lowest BCUT2D eigenvalue weighted by molar-refractivity contribution is -0.111. The van der Waals surface area contributed by atoms with Gasteiger partial charge in [0.1, 0.15) is 5.76 Å². The molecule has 0 aliphatic heterocycles. The van der Waals surface area contributed by atoms with E-state index in [-0.39, 0.29) is 11.7 Å². The highest BCUT2D eigenvalue weighted by atomic mass is 35.5. The summed E-state index contributed by atoms with van der Waals surface area (Å²) in [4.78, 5) is 23.2. The second kappa shape index (κ2) is 7.84. The van der Waals surface area contributed by atoms with Crippen LogP contribution in [0, 0.1) is 0 Å². The standard InChI is InChI=1S/C19H16ClN3O3/c1-13(24)17-8-7-15(26-17)12-23-11-10-18(22-23)21-19(25)9-6-14-4-2-3-5-16(14)20/h2-11H,12H2,1H3,(H,21,22,25)/b9-6+. The highest BCUT2D eigenvalue weighted by molar-refractivity contribution is 6.32. The van der Waals surface area contributed by atoms with E-state index in [2.05, 4.69) is 10.4 Å². The average Bonchev–Trinajstić information content (AvgIpc) is 3.24. The fourth-order valence-electron chi connectivity index (χ4n) is 2.27. The van der Waals surface area contributed by atoms with Crippen LogP contribution in [-0.2, 0) is 11.3 Å². The topological polar surface area (TPSA) is 77.1 Å². The van der Waals surface area contributed by atoms with E-state index in [1.54, 1.807) is 41.2 Å². The van der Waals surface area contributed by atoms with E-state index in [0.29, 0.717) is 28.9 Å². The van der Waals surface area contributed by atoms with Crippen molar-refractivity contribution in [1.82, 2.24) is 9.78 Å². The summed E-state index contributed by atoms with van der Waals surface area (Å²) in [7, 11) is 0. The SMILES string of the molecule is CC(=O)c1ccc(Cn2ccc(NC(=O)/C=C/c3ccccc3Cl)n2)o1. The van der Waals surface area contributed by atoms with Crippen molar-refractivity contribution >= 4 is 35.2 Å². The quantitative estimate of drug-likeness (QED) is 0.525. The monoisotopic (exact) mass is 369 g/mol. The Morgan fingerprint density at radius 2 is 2.04 bits per heavy atom. The fourth-order valence-corrected chi connectivity index (χ4v) is 2.47. The number of Topliss-reactive ketones (excluding diaryl/α,β-unsaturated/α-hetero) is 1. The molecule has 0 bridgehead atoms. The van der Waals surface area contributed by atoms with Crippen molar-refractivity contribution in [2.24, 2.45) is 0 Å². The predicted octanol–water partition coefficient (Wildman–Crippen LogP) is 4.03. The number of amides is 1. The van der Waals surface area contributed by atoms with Gasteiger partial charge in [-0.25, -0.2) is 0 Å². The summed E-state index contributed by atoms with van der Waals surface area (Å²) in [6, 6.07) is 12.3. The fraction of sp³-hybridized carbons (Fsp3) is 0.105. The van der Waals surface area contributed by atoms with Crippen LogP contribution in [-0.4, -0.2) is 21.5 Å². The molecular formula is C19H16ClN3O3. The summed E-state index contributed by atoms with van der Waals surface area (Å²) in [6.45, 7) is 1.80. The van der Waals surface area contributed by atoms with Crippen molar-refractivity contribution in [1.29, 1.82) is 0 Å². The molecule has 0 aliphatic rings. The van der Waals surface area contributed by atoms with Crippen LogP contribution < -0.4 is 5.32 Å². The molecule has 0 radical (unpaired) electrons. The highest BCUT2D eigenvalue weighted by Gasteiger charge is 2.08. The number of anilines is 1. The van der Waals surface area contributed by atoms with Crippen LogP contribution in [0.1, 0.15) is 28.8 Å². The zero-order valence-corrected chi connectivity index (χ0v) is 14.7. The third kappa shape index (κ3) is 4.49. The molecule has 0 spiro atoms. The van der Waals surface area contributed by atoms with E-state index >= 15 is 0 Å². The molecule has 132 valence electrons. The maximum atomic E-state index is 12.0. The number of nitrogens with zero attached hydrogens (tertiary/aromatic N) is 2. The third-order valence-corrected chi connectivity index (χ3v) is 3.88. The van der Waals surface area contributed by atoms with Gasteiger partial charge in [0.05, 0.1) is 6.54 Å². The number of hydrogen-bond donors (Lipinski definition) is 1. The van der Waals surface area contributed by atoms with E-state index in [1.165, 1.54) is 13.0 Å². The minimum Gasteiger partial charge on any atom is -0.456 e. The molecule has 7 heteroatoms. The van der Waals surface area contributed by atoms with E-state index in [0.717, 1.165) is 5.56 Å². The molecular weight excluding hydrogens is 354 g/mol. The van der Waals surface area contributed by atoms with Gasteiger partial charge in [0, 0.05) is 30.3 Å². The second-order valence-electron chi connectivity index (χ2n) is 5.56. The highest BCUT2D eigenvalue weighted by Crippen LogP contribution is 2.16. The lowest BCUT2D eigenvalue weighted by Gasteiger charge is -1.99. The van der Waals surface area contributed by atoms with Crippen LogP contribution in [0.3, 0.4) is 0 Å². The predicted molar refractivity (Wildman–Crippen MR) is 99.2 cm³/mol. The van der Waals surface area contributed by atoms with Crippen LogP contribution in [0.25, 0.3) is 6.08 Å². The van der Waals surface area contributed by atoms with E-state index < -0.39 is 0 Å². The summed E-state index contributed by atoms with van der Waals surface area (Å²) in [5.74, 6) is 0.888. The van der Waals surface area contributed by atoms with Gasteiger partial charge in [0.15, 0.2) is 17.4 Å². The zero-order chi connectivity index (χ0) is 18.5. The van der Waals surface area contributed by atoms with Gasteiger partial charge in [-0.05, 0) is 29.8 Å². The number of carbonyl (C=O) groups excluding carboxylic acids is 2. The van der Waals surface area contributed by atoms with Gasteiger partial charge in [0.25, 0.3) is 0 Å². The number of aromatic nitrogens is 2. The van der Waals surface area contributed by atoms with Crippen molar-refractivity contribution in [3.63, 3.8) is 0 Å². The van der Waals surface area contributed by atoms with Crippen LogP contribution in [0.2, 0.25) is 5.02 Å². The van der Waals surface area contributed by atoms with Gasteiger partial charge in [-0.15, -0.1) is 0 Å². The molecule has 26 heavy (non-hydrogen) atoms. The number of nitrogens with one attached hydrogen (secondary N) is 1. The van der Waals surface area contributed by atoms with Gasteiger partial charge in [-0.2, -0.15) is 5.10 Å². The molecule has 0 atom stereocenters. The Morgan fingerprint density at radius 1 is 1.23 bits per heavy atom. The number of halogens is 1. The molecule has 0 unspecified atom stereocenters. The maximum Gasteiger partial charge on any atom is 0.249 e. The van der Waals surface area contributed by atoms with Crippen LogP contribution in [0.4, 0.5) is 5.82 Å². The third-order valence-electron chi connectivity index (χ3n) is 3.54. The summed E-state index contributed by atoms with van der Waals surface area (Å²) >= 11 is 6.04. The first-order valence-corrected chi connectivity index (χ1v) is 8.26. The van der Waals surface area contributed by atoms with Crippen molar-refractivity contribution in [2.45, 2.75) is 13.5 Å². The Hall–Kier alpha value is -3.12. The summed E-state index contributed by atoms with van der Waals surface area (Å²) in [5.41, 5.74) is 0.758. The van der Waals surface area contributed by atoms with Crippen molar-refractivity contribution in [3.05, 3.63) is 76.8 Å². The summed E-state index contributed by atoms with van der Waals surface area (Å²) < 4.78 is 7.02. The Balaban J connectivity index is 1.60. The van der Waals surface area contributed by atoms with Crippen LogP contribution >= 0.6 is 11.6 Å². The van der Waals surface area contributed by atoms with Gasteiger partial charge in [0.2, 0.25) is 5.91 Å². The van der Waals surface area contributed by atoms with Gasteiger partial charge in [-0.3, -0.25) is 14.3 Å². The van der Waals surface area contributed by atoms with E-state index in [1.807, 2.05) is 18.2 Å². The number of furan rings is 1. The molecule has 6 nitrogen and oxygen atoms in total. The molecule has 2 aromatic heterocycles. The zero-order valence-electron chi connectivity index (χ0n) is 14.0. The average molecular weight is 370 g/mol. The second-order valence-corrected chi connectivity index (χ2v) is 5.97. The molecule has 1 N–H and O–H groups in total. The van der Waals surface area contributed by atoms with Gasteiger partial charge >= 0.3 is 0 Å². The largest absolute Gasteiger partial charge is 0.456 e. The molecule has 3 aromatic rings.